The lowest BCUT2D eigenvalue weighted by atomic mass is 10.1. The van der Waals surface area contributed by atoms with E-state index in [2.05, 4.69) is 33.8 Å². The smallest absolute Gasteiger partial charge is 0.135 e. The topological polar surface area (TPSA) is 31.0 Å². The first kappa shape index (κ1) is 11.3. The molecular formula is C17H14N2O. The summed E-state index contributed by atoms with van der Waals surface area (Å²) < 4.78 is 8.00. The van der Waals surface area contributed by atoms with Gasteiger partial charge < -0.3 is 8.98 Å². The molecule has 20 heavy (non-hydrogen) atoms. The average Bonchev–Trinajstić information content (AvgIpc) is 3.12. The second-order valence-corrected chi connectivity index (χ2v) is 4.98. The van der Waals surface area contributed by atoms with E-state index >= 15 is 0 Å². The summed E-state index contributed by atoms with van der Waals surface area (Å²) in [5.74, 6) is 0. The van der Waals surface area contributed by atoms with E-state index in [-0.39, 0.29) is 0 Å². The van der Waals surface area contributed by atoms with Gasteiger partial charge in [-0.25, -0.2) is 4.98 Å². The van der Waals surface area contributed by atoms with Crippen molar-refractivity contribution in [1.82, 2.24) is 9.55 Å². The van der Waals surface area contributed by atoms with Crippen LogP contribution in [0.15, 0.2) is 65.6 Å². The molecule has 3 heteroatoms. The van der Waals surface area contributed by atoms with Crippen molar-refractivity contribution >= 4 is 21.9 Å². The highest BCUT2D eigenvalue weighted by Crippen LogP contribution is 2.29. The Morgan fingerprint density at radius 2 is 1.90 bits per heavy atom. The van der Waals surface area contributed by atoms with Gasteiger partial charge in [0.1, 0.15) is 11.2 Å². The van der Waals surface area contributed by atoms with Gasteiger partial charge in [-0.3, -0.25) is 0 Å². The van der Waals surface area contributed by atoms with Crippen molar-refractivity contribution in [2.45, 2.75) is 13.0 Å². The van der Waals surface area contributed by atoms with E-state index in [4.69, 9.17) is 4.42 Å². The van der Waals surface area contributed by atoms with Gasteiger partial charge in [0, 0.05) is 29.7 Å². The predicted octanol–water partition coefficient (Wildman–Crippen LogP) is 4.03. The highest BCUT2D eigenvalue weighted by atomic mass is 16.3. The third-order valence-corrected chi connectivity index (χ3v) is 3.66. The van der Waals surface area contributed by atoms with Crippen molar-refractivity contribution in [2.75, 3.05) is 0 Å². The summed E-state index contributed by atoms with van der Waals surface area (Å²) in [7, 11) is 0. The predicted molar refractivity (Wildman–Crippen MR) is 79.7 cm³/mol. The summed E-state index contributed by atoms with van der Waals surface area (Å²) in [5.41, 5.74) is 3.20. The van der Waals surface area contributed by atoms with Gasteiger partial charge in [0.25, 0.3) is 0 Å². The van der Waals surface area contributed by atoms with Crippen LogP contribution in [0.3, 0.4) is 0 Å². The van der Waals surface area contributed by atoms with Gasteiger partial charge in [0.05, 0.1) is 6.33 Å². The second-order valence-electron chi connectivity index (χ2n) is 4.98. The van der Waals surface area contributed by atoms with Crippen LogP contribution in [0.2, 0.25) is 0 Å². The minimum Gasteiger partial charge on any atom is -0.456 e. The molecule has 4 aromatic rings. The van der Waals surface area contributed by atoms with Crippen molar-refractivity contribution < 1.29 is 4.42 Å². The van der Waals surface area contributed by atoms with Crippen LogP contribution in [-0.4, -0.2) is 9.55 Å². The molecule has 0 aliphatic heterocycles. The van der Waals surface area contributed by atoms with Gasteiger partial charge in [-0.15, -0.1) is 0 Å². The maximum absolute atomic E-state index is 5.91. The largest absolute Gasteiger partial charge is 0.456 e. The molecule has 0 saturated heterocycles. The molecule has 2 aromatic heterocycles. The molecule has 0 amide bonds. The summed E-state index contributed by atoms with van der Waals surface area (Å²) >= 11 is 0. The highest BCUT2D eigenvalue weighted by Gasteiger charge is 2.06. The van der Waals surface area contributed by atoms with E-state index in [0.717, 1.165) is 24.1 Å². The van der Waals surface area contributed by atoms with Gasteiger partial charge in [0.2, 0.25) is 0 Å². The van der Waals surface area contributed by atoms with E-state index < -0.39 is 0 Å². The number of aromatic nitrogens is 2. The maximum atomic E-state index is 5.91. The molecule has 2 aromatic carbocycles. The zero-order valence-electron chi connectivity index (χ0n) is 11.0. The minimum atomic E-state index is 0.936. The standard InChI is InChI=1S/C17H14N2O/c1-2-4-16-14(3-1)15-6-5-13(11-17(15)20-16)7-9-19-10-8-18-12-19/h1-6,8,10-12H,7,9H2. The number of fused-ring (bicyclic) bond motifs is 3. The molecule has 3 nitrogen and oxygen atoms in total. The Hall–Kier alpha value is -2.55. The molecule has 0 aliphatic carbocycles. The second kappa shape index (κ2) is 4.53. The van der Waals surface area contributed by atoms with E-state index in [1.54, 1.807) is 0 Å². The average molecular weight is 262 g/mol. The van der Waals surface area contributed by atoms with E-state index in [9.17, 15) is 0 Å². The molecule has 0 fully saturated rings. The lowest BCUT2D eigenvalue weighted by Gasteiger charge is -2.02. The number of para-hydroxylation sites is 1. The molecule has 0 spiro atoms. The summed E-state index contributed by atoms with van der Waals surface area (Å²) in [4.78, 5) is 4.06. The fraction of sp³-hybridized carbons (Fsp3) is 0.118. The number of nitrogens with zero attached hydrogens (tertiary/aromatic N) is 2. The number of furan rings is 1. The van der Waals surface area contributed by atoms with Crippen molar-refractivity contribution in [3.05, 3.63) is 66.7 Å². The molecule has 0 bridgehead atoms. The molecule has 2 heterocycles. The number of aryl methyl sites for hydroxylation is 2. The minimum absolute atomic E-state index is 0.936. The van der Waals surface area contributed by atoms with Crippen LogP contribution in [0.25, 0.3) is 21.9 Å². The van der Waals surface area contributed by atoms with Crippen molar-refractivity contribution in [2.24, 2.45) is 0 Å². The quantitative estimate of drug-likeness (QED) is 0.558. The van der Waals surface area contributed by atoms with Crippen LogP contribution in [-0.2, 0) is 13.0 Å². The van der Waals surface area contributed by atoms with Gasteiger partial charge >= 0.3 is 0 Å². The zero-order valence-corrected chi connectivity index (χ0v) is 11.0. The molecule has 98 valence electrons. The lowest BCUT2D eigenvalue weighted by Crippen LogP contribution is -1.98. The van der Waals surface area contributed by atoms with Crippen molar-refractivity contribution in [3.8, 4) is 0 Å². The molecular weight excluding hydrogens is 248 g/mol. The summed E-state index contributed by atoms with van der Waals surface area (Å²) in [6, 6.07) is 14.7. The Balaban J connectivity index is 1.69. The van der Waals surface area contributed by atoms with Crippen LogP contribution in [0.4, 0.5) is 0 Å². The van der Waals surface area contributed by atoms with Crippen LogP contribution < -0.4 is 0 Å². The van der Waals surface area contributed by atoms with E-state index in [1.807, 2.05) is 36.9 Å². The normalized spacial score (nSPS) is 11.4. The van der Waals surface area contributed by atoms with Crippen LogP contribution in [0.5, 0.6) is 0 Å². The van der Waals surface area contributed by atoms with Crippen molar-refractivity contribution in [1.29, 1.82) is 0 Å². The molecule has 0 N–H and O–H groups in total. The van der Waals surface area contributed by atoms with E-state index in [1.165, 1.54) is 16.3 Å². The number of rotatable bonds is 3. The fourth-order valence-electron chi connectivity index (χ4n) is 2.60. The third kappa shape index (κ3) is 1.88. The fourth-order valence-corrected chi connectivity index (χ4v) is 2.60. The Kier molecular flexibility index (Phi) is 2.56. The Bertz CT molecular complexity index is 859. The molecule has 0 aliphatic rings. The van der Waals surface area contributed by atoms with Crippen LogP contribution in [0.1, 0.15) is 5.56 Å². The van der Waals surface area contributed by atoms with Crippen LogP contribution >= 0.6 is 0 Å². The van der Waals surface area contributed by atoms with E-state index in [0.29, 0.717) is 0 Å². The summed E-state index contributed by atoms with van der Waals surface area (Å²) in [6.45, 7) is 0.936. The number of benzene rings is 2. The molecule has 0 radical (unpaired) electrons. The van der Waals surface area contributed by atoms with Crippen molar-refractivity contribution in [3.63, 3.8) is 0 Å². The monoisotopic (exact) mass is 262 g/mol. The maximum Gasteiger partial charge on any atom is 0.135 e. The Labute approximate surface area is 116 Å². The zero-order chi connectivity index (χ0) is 13.4. The lowest BCUT2D eigenvalue weighted by molar-refractivity contribution is 0.665. The van der Waals surface area contributed by atoms with Gasteiger partial charge in [-0.2, -0.15) is 0 Å². The molecule has 4 rings (SSSR count). The van der Waals surface area contributed by atoms with Gasteiger partial charge in [0.15, 0.2) is 0 Å². The Morgan fingerprint density at radius 1 is 1.00 bits per heavy atom. The number of hydrogen-bond acceptors (Lipinski definition) is 2. The number of imidazole rings is 1. The molecule has 0 atom stereocenters. The number of hydrogen-bond donors (Lipinski definition) is 0. The third-order valence-electron chi connectivity index (χ3n) is 3.66. The first-order valence-electron chi connectivity index (χ1n) is 6.76. The summed E-state index contributed by atoms with van der Waals surface area (Å²) in [6.07, 6.45) is 6.62. The SMILES string of the molecule is c1ccc2c(c1)oc1cc(CCn3ccnc3)ccc12. The van der Waals surface area contributed by atoms with Crippen LogP contribution in [0, 0.1) is 0 Å². The Morgan fingerprint density at radius 3 is 2.80 bits per heavy atom. The first-order valence-corrected chi connectivity index (χ1v) is 6.76. The first-order chi connectivity index (χ1) is 9.90. The highest BCUT2D eigenvalue weighted by molar-refractivity contribution is 6.04. The van der Waals surface area contributed by atoms with Gasteiger partial charge in [-0.05, 0) is 24.1 Å². The van der Waals surface area contributed by atoms with Gasteiger partial charge in [-0.1, -0.05) is 30.3 Å². The molecule has 0 saturated carbocycles. The molecule has 0 unspecified atom stereocenters. The summed E-state index contributed by atoms with van der Waals surface area (Å²) in [5, 5.41) is 2.37.